The van der Waals surface area contributed by atoms with Crippen molar-refractivity contribution in [1.29, 1.82) is 0 Å². The molecule has 0 bridgehead atoms. The van der Waals surface area contributed by atoms with Crippen LogP contribution in [-0.2, 0) is 4.79 Å². The maximum Gasteiger partial charge on any atom is 0.220 e. The Morgan fingerprint density at radius 1 is 0.610 bits per heavy atom. The summed E-state index contributed by atoms with van der Waals surface area (Å²) in [5.74, 6) is -0.132. The van der Waals surface area contributed by atoms with E-state index < -0.39 is 12.1 Å². The molecular weight excluding hydrogens is 510 g/mol. The number of rotatable bonds is 29. The SMILES string of the molecule is CCCCCCCCCCC/C=C/[C@@H](O)[C@H](CO)NC(=O)CCC/C=C\C/C=C\C/C=C\C/C=C\CCCCCO. The van der Waals surface area contributed by atoms with E-state index in [0.29, 0.717) is 13.0 Å². The number of aliphatic hydroxyl groups is 3. The number of carbonyl (C=O) groups is 1. The van der Waals surface area contributed by atoms with Gasteiger partial charge in [0.1, 0.15) is 0 Å². The summed E-state index contributed by atoms with van der Waals surface area (Å²) in [4.78, 5) is 12.2. The Morgan fingerprint density at radius 2 is 1.07 bits per heavy atom. The van der Waals surface area contributed by atoms with E-state index in [0.717, 1.165) is 70.6 Å². The van der Waals surface area contributed by atoms with E-state index in [1.165, 1.54) is 51.4 Å². The molecule has 5 nitrogen and oxygen atoms in total. The summed E-state index contributed by atoms with van der Waals surface area (Å²) in [7, 11) is 0. The van der Waals surface area contributed by atoms with E-state index in [9.17, 15) is 15.0 Å². The molecule has 0 spiro atoms. The smallest absolute Gasteiger partial charge is 0.220 e. The highest BCUT2D eigenvalue weighted by Gasteiger charge is 2.17. The largest absolute Gasteiger partial charge is 0.396 e. The Balaban J connectivity index is 3.81. The second-order valence-electron chi connectivity index (χ2n) is 11.0. The van der Waals surface area contributed by atoms with E-state index in [-0.39, 0.29) is 12.5 Å². The molecule has 0 heterocycles. The van der Waals surface area contributed by atoms with Gasteiger partial charge in [-0.05, 0) is 64.2 Å². The second-order valence-corrected chi connectivity index (χ2v) is 11.0. The van der Waals surface area contributed by atoms with Gasteiger partial charge in [-0.25, -0.2) is 0 Å². The van der Waals surface area contributed by atoms with Gasteiger partial charge in [-0.1, -0.05) is 125 Å². The van der Waals surface area contributed by atoms with Gasteiger partial charge in [-0.2, -0.15) is 0 Å². The van der Waals surface area contributed by atoms with Crippen LogP contribution in [0.3, 0.4) is 0 Å². The van der Waals surface area contributed by atoms with Gasteiger partial charge in [0.05, 0.1) is 18.8 Å². The average Bonchev–Trinajstić information content (AvgIpc) is 2.97. The van der Waals surface area contributed by atoms with Crippen LogP contribution in [0.4, 0.5) is 0 Å². The highest BCUT2D eigenvalue weighted by molar-refractivity contribution is 5.76. The van der Waals surface area contributed by atoms with Crippen molar-refractivity contribution in [3.63, 3.8) is 0 Å². The number of amides is 1. The molecule has 0 unspecified atom stereocenters. The third-order valence-corrected chi connectivity index (χ3v) is 7.05. The molecule has 0 aromatic rings. The average molecular weight is 574 g/mol. The van der Waals surface area contributed by atoms with Crippen molar-refractivity contribution in [3.8, 4) is 0 Å². The fourth-order valence-corrected chi connectivity index (χ4v) is 4.44. The Morgan fingerprint density at radius 3 is 1.61 bits per heavy atom. The van der Waals surface area contributed by atoms with Crippen LogP contribution in [0.15, 0.2) is 60.8 Å². The van der Waals surface area contributed by atoms with Crippen LogP contribution in [0.2, 0.25) is 0 Å². The van der Waals surface area contributed by atoms with Gasteiger partial charge in [0, 0.05) is 13.0 Å². The van der Waals surface area contributed by atoms with Crippen molar-refractivity contribution in [2.24, 2.45) is 0 Å². The third kappa shape index (κ3) is 29.3. The number of unbranched alkanes of at least 4 members (excludes halogenated alkanes) is 13. The minimum Gasteiger partial charge on any atom is -0.396 e. The standard InChI is InChI=1S/C36H63NO4/c1-2-3-4-5-6-7-15-18-21-24-27-30-35(40)34(33-39)37-36(41)31-28-25-22-19-16-13-11-9-8-10-12-14-17-20-23-26-29-32-38/h8,10-11,13-14,17,19,22,27,30,34-35,38-40H,2-7,9,12,15-16,18,20-21,23-26,28-29,31-33H2,1H3,(H,37,41)/b10-8-,13-11-,17-14-,22-19-,30-27+/t34-,35+/m0/s1. The van der Waals surface area contributed by atoms with E-state index in [4.69, 9.17) is 5.11 Å². The number of carbonyl (C=O) groups excluding carboxylic acids is 1. The summed E-state index contributed by atoms with van der Waals surface area (Å²) in [5.41, 5.74) is 0. The zero-order valence-corrected chi connectivity index (χ0v) is 26.2. The molecule has 0 saturated heterocycles. The first-order valence-electron chi connectivity index (χ1n) is 16.6. The van der Waals surface area contributed by atoms with E-state index in [1.807, 2.05) is 6.08 Å². The summed E-state index contributed by atoms with van der Waals surface area (Å²) >= 11 is 0. The van der Waals surface area contributed by atoms with Crippen LogP contribution < -0.4 is 5.32 Å². The van der Waals surface area contributed by atoms with Crippen LogP contribution in [0.1, 0.15) is 135 Å². The molecule has 0 aliphatic carbocycles. The molecule has 4 N–H and O–H groups in total. The predicted octanol–water partition coefficient (Wildman–Crippen LogP) is 8.42. The van der Waals surface area contributed by atoms with Crippen LogP contribution in [-0.4, -0.2) is 46.6 Å². The lowest BCUT2D eigenvalue weighted by Crippen LogP contribution is -2.45. The van der Waals surface area contributed by atoms with Crippen LogP contribution in [0, 0.1) is 0 Å². The molecule has 0 aromatic heterocycles. The van der Waals surface area contributed by atoms with Gasteiger partial charge < -0.3 is 20.6 Å². The highest BCUT2D eigenvalue weighted by Crippen LogP contribution is 2.11. The van der Waals surface area contributed by atoms with Crippen molar-refractivity contribution in [1.82, 2.24) is 5.32 Å². The van der Waals surface area contributed by atoms with Gasteiger partial charge in [0.2, 0.25) is 5.91 Å². The summed E-state index contributed by atoms with van der Waals surface area (Å²) in [6.45, 7) is 2.26. The fraction of sp³-hybridized carbons (Fsp3) is 0.694. The van der Waals surface area contributed by atoms with E-state index >= 15 is 0 Å². The monoisotopic (exact) mass is 573 g/mol. The molecule has 0 aliphatic rings. The Hall–Kier alpha value is -1.95. The highest BCUT2D eigenvalue weighted by atomic mass is 16.3. The lowest BCUT2D eigenvalue weighted by atomic mass is 10.1. The number of hydrogen-bond acceptors (Lipinski definition) is 4. The first kappa shape index (κ1) is 39.0. The molecule has 0 aliphatic heterocycles. The lowest BCUT2D eigenvalue weighted by Gasteiger charge is -2.19. The summed E-state index contributed by atoms with van der Waals surface area (Å²) in [6.07, 6.45) is 41.7. The van der Waals surface area contributed by atoms with Gasteiger partial charge in [0.15, 0.2) is 0 Å². The van der Waals surface area contributed by atoms with E-state index in [1.54, 1.807) is 6.08 Å². The molecule has 41 heavy (non-hydrogen) atoms. The Bertz CT molecular complexity index is 710. The van der Waals surface area contributed by atoms with E-state index in [2.05, 4.69) is 60.8 Å². The fourth-order valence-electron chi connectivity index (χ4n) is 4.44. The van der Waals surface area contributed by atoms with Crippen LogP contribution in [0.25, 0.3) is 0 Å². The van der Waals surface area contributed by atoms with Gasteiger partial charge in [0.25, 0.3) is 0 Å². The van der Waals surface area contributed by atoms with Crippen molar-refractivity contribution >= 4 is 5.91 Å². The first-order valence-corrected chi connectivity index (χ1v) is 16.6. The van der Waals surface area contributed by atoms with Crippen LogP contribution in [0.5, 0.6) is 0 Å². The molecular formula is C36H63NO4. The summed E-state index contributed by atoms with van der Waals surface area (Å²) in [6, 6.07) is -0.657. The van der Waals surface area contributed by atoms with Crippen molar-refractivity contribution in [2.45, 2.75) is 147 Å². The number of aliphatic hydroxyl groups excluding tert-OH is 3. The quantitative estimate of drug-likeness (QED) is 0.0534. The van der Waals surface area contributed by atoms with Crippen molar-refractivity contribution < 1.29 is 20.1 Å². The topological polar surface area (TPSA) is 89.8 Å². The molecule has 5 heteroatoms. The van der Waals surface area contributed by atoms with Gasteiger partial charge in [-0.15, -0.1) is 0 Å². The van der Waals surface area contributed by atoms with Gasteiger partial charge >= 0.3 is 0 Å². The van der Waals surface area contributed by atoms with Crippen LogP contribution >= 0.6 is 0 Å². The second kappa shape index (κ2) is 32.6. The number of hydrogen-bond donors (Lipinski definition) is 4. The zero-order valence-electron chi connectivity index (χ0n) is 26.2. The third-order valence-electron chi connectivity index (χ3n) is 7.05. The minimum absolute atomic E-state index is 0.132. The Kier molecular flexibility index (Phi) is 31.0. The molecule has 0 fully saturated rings. The number of nitrogens with one attached hydrogen (secondary N) is 1. The van der Waals surface area contributed by atoms with Crippen molar-refractivity contribution in [2.75, 3.05) is 13.2 Å². The maximum atomic E-state index is 12.2. The van der Waals surface area contributed by atoms with Crippen molar-refractivity contribution in [3.05, 3.63) is 60.8 Å². The molecule has 0 radical (unpaired) electrons. The maximum absolute atomic E-state index is 12.2. The normalized spacial score (nSPS) is 14.0. The predicted molar refractivity (Wildman–Crippen MR) is 176 cm³/mol. The molecule has 1 amide bonds. The summed E-state index contributed by atoms with van der Waals surface area (Å²) in [5, 5.41) is 31.5. The van der Waals surface area contributed by atoms with Gasteiger partial charge in [-0.3, -0.25) is 4.79 Å². The molecule has 2 atom stereocenters. The molecule has 0 aromatic carbocycles. The summed E-state index contributed by atoms with van der Waals surface area (Å²) < 4.78 is 0. The zero-order chi connectivity index (χ0) is 30.1. The molecule has 0 saturated carbocycles. The first-order chi connectivity index (χ1) is 20.2. The molecule has 236 valence electrons. The molecule has 0 rings (SSSR count). The minimum atomic E-state index is -0.867. The lowest BCUT2D eigenvalue weighted by molar-refractivity contribution is -0.122. The number of allylic oxidation sites excluding steroid dienone is 9. The Labute approximate surface area is 252 Å².